The number of hydrogen-bond acceptors (Lipinski definition) is 4. The second-order valence-corrected chi connectivity index (χ2v) is 5.96. The number of pyridine rings is 1. The summed E-state index contributed by atoms with van der Waals surface area (Å²) in [5.74, 6) is 0.720. The summed E-state index contributed by atoms with van der Waals surface area (Å²) in [6.07, 6.45) is 6.56. The molecule has 3 heterocycles. The predicted octanol–water partition coefficient (Wildman–Crippen LogP) is 2.93. The van der Waals surface area contributed by atoms with E-state index in [1.54, 1.807) is 0 Å². The predicted molar refractivity (Wildman–Crippen MR) is 86.0 cm³/mol. The molecule has 116 valence electrons. The van der Waals surface area contributed by atoms with Gasteiger partial charge in [-0.2, -0.15) is 0 Å². The van der Waals surface area contributed by atoms with Gasteiger partial charge < -0.3 is 9.32 Å². The van der Waals surface area contributed by atoms with Crippen molar-refractivity contribution in [1.82, 2.24) is 14.9 Å². The van der Waals surface area contributed by atoms with Crippen molar-refractivity contribution in [3.63, 3.8) is 0 Å². The molecule has 1 amide bonds. The van der Waals surface area contributed by atoms with Crippen LogP contribution in [0.1, 0.15) is 22.5 Å². The van der Waals surface area contributed by atoms with Gasteiger partial charge in [0.2, 0.25) is 5.76 Å². The second-order valence-electron chi connectivity index (χ2n) is 5.96. The Morgan fingerprint density at radius 3 is 3.13 bits per heavy atom. The minimum absolute atomic E-state index is 0.0652. The van der Waals surface area contributed by atoms with Crippen LogP contribution >= 0.6 is 0 Å². The molecule has 4 rings (SSSR count). The van der Waals surface area contributed by atoms with E-state index >= 15 is 0 Å². The molecule has 5 nitrogen and oxygen atoms in total. The Balaban J connectivity index is 1.49. The van der Waals surface area contributed by atoms with Gasteiger partial charge in [0, 0.05) is 24.7 Å². The van der Waals surface area contributed by atoms with Crippen LogP contribution in [0.5, 0.6) is 0 Å². The smallest absolute Gasteiger partial charge is 0.291 e. The Bertz CT molecular complexity index is 824. The normalized spacial score (nSPS) is 17.7. The highest BCUT2D eigenvalue weighted by molar-refractivity contribution is 5.91. The zero-order chi connectivity index (χ0) is 15.6. The first-order valence-electron chi connectivity index (χ1n) is 7.81. The van der Waals surface area contributed by atoms with E-state index in [1.165, 1.54) is 23.5 Å². The fourth-order valence-corrected chi connectivity index (χ4v) is 3.32. The minimum atomic E-state index is -0.0652. The van der Waals surface area contributed by atoms with Crippen molar-refractivity contribution in [2.75, 3.05) is 13.1 Å². The molecule has 0 N–H and O–H groups in total. The summed E-state index contributed by atoms with van der Waals surface area (Å²) in [5, 5.41) is 1.20. The molecule has 0 spiro atoms. The first kappa shape index (κ1) is 13.9. The Labute approximate surface area is 134 Å². The molecule has 0 aliphatic carbocycles. The van der Waals surface area contributed by atoms with Crippen molar-refractivity contribution in [2.45, 2.75) is 12.8 Å². The summed E-state index contributed by atoms with van der Waals surface area (Å²) in [4.78, 5) is 22.4. The molecular formula is C18H17N3O2. The standard InChI is InChI=1S/C18H17N3O2/c22-18(17-10-19-12-23-17)21-8-6-13(11-21)9-14-3-1-5-16-15(14)4-2-7-20-16/h1-5,7,10,12-13H,6,8-9,11H2/t13-/m0/s1. The van der Waals surface area contributed by atoms with E-state index < -0.39 is 0 Å². The zero-order valence-corrected chi connectivity index (χ0v) is 12.7. The number of oxazole rings is 1. The van der Waals surface area contributed by atoms with Gasteiger partial charge in [0.15, 0.2) is 6.39 Å². The van der Waals surface area contributed by atoms with Gasteiger partial charge in [0.1, 0.15) is 0 Å². The number of carbonyl (C=O) groups excluding carboxylic acids is 1. The molecule has 1 atom stereocenters. The summed E-state index contributed by atoms with van der Waals surface area (Å²) in [7, 11) is 0. The number of benzene rings is 1. The molecule has 5 heteroatoms. The number of rotatable bonds is 3. The van der Waals surface area contributed by atoms with E-state index in [2.05, 4.69) is 28.2 Å². The van der Waals surface area contributed by atoms with Crippen LogP contribution in [0.4, 0.5) is 0 Å². The van der Waals surface area contributed by atoms with Gasteiger partial charge in [-0.05, 0) is 36.5 Å². The number of likely N-dealkylation sites (tertiary alicyclic amines) is 1. The van der Waals surface area contributed by atoms with Crippen molar-refractivity contribution < 1.29 is 9.21 Å². The van der Waals surface area contributed by atoms with Gasteiger partial charge >= 0.3 is 0 Å². The number of fused-ring (bicyclic) bond motifs is 1. The molecule has 2 aromatic heterocycles. The first-order chi connectivity index (χ1) is 11.3. The van der Waals surface area contributed by atoms with E-state index in [0.717, 1.165) is 31.4 Å². The quantitative estimate of drug-likeness (QED) is 0.746. The van der Waals surface area contributed by atoms with Crippen LogP contribution in [0, 0.1) is 5.92 Å². The van der Waals surface area contributed by atoms with Crippen molar-refractivity contribution in [1.29, 1.82) is 0 Å². The molecule has 0 unspecified atom stereocenters. The van der Waals surface area contributed by atoms with E-state index in [9.17, 15) is 4.79 Å². The Kier molecular flexibility index (Phi) is 3.54. The highest BCUT2D eigenvalue weighted by Crippen LogP contribution is 2.25. The number of carbonyl (C=O) groups is 1. The van der Waals surface area contributed by atoms with Gasteiger partial charge in [-0.15, -0.1) is 0 Å². The SMILES string of the molecule is O=C(c1cnco1)N1CC[C@@H](Cc2cccc3ncccc23)C1. The molecule has 0 saturated carbocycles. The lowest BCUT2D eigenvalue weighted by Crippen LogP contribution is -2.28. The molecule has 1 fully saturated rings. The lowest BCUT2D eigenvalue weighted by atomic mass is 9.96. The van der Waals surface area contributed by atoms with Gasteiger partial charge in [-0.3, -0.25) is 9.78 Å². The molecular weight excluding hydrogens is 290 g/mol. The maximum Gasteiger partial charge on any atom is 0.291 e. The topological polar surface area (TPSA) is 59.2 Å². The highest BCUT2D eigenvalue weighted by Gasteiger charge is 2.28. The van der Waals surface area contributed by atoms with E-state index in [1.807, 2.05) is 23.2 Å². The second kappa shape index (κ2) is 5.83. The molecule has 1 aliphatic rings. The first-order valence-corrected chi connectivity index (χ1v) is 7.81. The van der Waals surface area contributed by atoms with Gasteiger partial charge in [-0.1, -0.05) is 18.2 Å². The average molecular weight is 307 g/mol. The Morgan fingerprint density at radius 2 is 2.26 bits per heavy atom. The monoisotopic (exact) mass is 307 g/mol. The maximum absolute atomic E-state index is 12.3. The molecule has 23 heavy (non-hydrogen) atoms. The molecule has 3 aromatic rings. The molecule has 0 radical (unpaired) electrons. The number of hydrogen-bond donors (Lipinski definition) is 0. The summed E-state index contributed by atoms with van der Waals surface area (Å²) in [5.41, 5.74) is 2.33. The zero-order valence-electron chi connectivity index (χ0n) is 12.7. The number of amides is 1. The van der Waals surface area contributed by atoms with Crippen LogP contribution in [0.3, 0.4) is 0 Å². The third kappa shape index (κ3) is 2.70. The van der Waals surface area contributed by atoms with E-state index in [4.69, 9.17) is 4.42 Å². The molecule has 1 aromatic carbocycles. The Morgan fingerprint density at radius 1 is 1.30 bits per heavy atom. The fourth-order valence-electron chi connectivity index (χ4n) is 3.32. The summed E-state index contributed by atoms with van der Waals surface area (Å²) >= 11 is 0. The number of nitrogens with zero attached hydrogens (tertiary/aromatic N) is 3. The van der Waals surface area contributed by atoms with Crippen LogP contribution in [-0.4, -0.2) is 33.9 Å². The fraction of sp³-hybridized carbons (Fsp3) is 0.278. The van der Waals surface area contributed by atoms with Crippen molar-refractivity contribution in [2.24, 2.45) is 5.92 Å². The molecule has 1 saturated heterocycles. The third-order valence-corrected chi connectivity index (χ3v) is 4.46. The molecule has 0 bridgehead atoms. The van der Waals surface area contributed by atoms with Crippen molar-refractivity contribution >= 4 is 16.8 Å². The largest absolute Gasteiger partial charge is 0.438 e. The van der Waals surface area contributed by atoms with Crippen LogP contribution < -0.4 is 0 Å². The van der Waals surface area contributed by atoms with Crippen LogP contribution in [0.15, 0.2) is 53.5 Å². The van der Waals surface area contributed by atoms with Crippen molar-refractivity contribution in [3.8, 4) is 0 Å². The van der Waals surface area contributed by atoms with Gasteiger partial charge in [0.25, 0.3) is 5.91 Å². The summed E-state index contributed by atoms with van der Waals surface area (Å²) < 4.78 is 5.11. The lowest BCUT2D eigenvalue weighted by molar-refractivity contribution is 0.0755. The Hall–Kier alpha value is -2.69. The lowest BCUT2D eigenvalue weighted by Gasteiger charge is -2.15. The van der Waals surface area contributed by atoms with E-state index in [0.29, 0.717) is 11.7 Å². The van der Waals surface area contributed by atoms with Gasteiger partial charge in [0.05, 0.1) is 11.7 Å². The number of aromatic nitrogens is 2. The third-order valence-electron chi connectivity index (χ3n) is 4.46. The van der Waals surface area contributed by atoms with Gasteiger partial charge in [-0.25, -0.2) is 4.98 Å². The summed E-state index contributed by atoms with van der Waals surface area (Å²) in [6, 6.07) is 10.3. The van der Waals surface area contributed by atoms with E-state index in [-0.39, 0.29) is 5.91 Å². The maximum atomic E-state index is 12.3. The average Bonchev–Trinajstić information content (AvgIpc) is 3.27. The highest BCUT2D eigenvalue weighted by atomic mass is 16.3. The van der Waals surface area contributed by atoms with Crippen LogP contribution in [0.25, 0.3) is 10.9 Å². The van der Waals surface area contributed by atoms with Crippen LogP contribution in [0.2, 0.25) is 0 Å². The van der Waals surface area contributed by atoms with Crippen molar-refractivity contribution in [3.05, 3.63) is 60.4 Å². The van der Waals surface area contributed by atoms with Crippen LogP contribution in [-0.2, 0) is 6.42 Å². The summed E-state index contributed by atoms with van der Waals surface area (Å²) in [6.45, 7) is 1.53. The molecule has 1 aliphatic heterocycles. The minimum Gasteiger partial charge on any atom is -0.438 e.